The Labute approximate surface area is 147 Å². The van der Waals surface area contributed by atoms with E-state index in [1.807, 2.05) is 24.3 Å². The molecular weight excluding hydrogens is 382 g/mol. The lowest BCUT2D eigenvalue weighted by Gasteiger charge is -2.26. The van der Waals surface area contributed by atoms with E-state index < -0.39 is 0 Å². The lowest BCUT2D eigenvalue weighted by molar-refractivity contribution is -0.124. The molecule has 1 N–H and O–H groups in total. The number of halogens is 2. The van der Waals surface area contributed by atoms with Crippen LogP contribution in [0.1, 0.15) is 18.0 Å². The molecule has 1 aliphatic rings. The number of fused-ring (bicyclic) bond motifs is 1. The summed E-state index contributed by atoms with van der Waals surface area (Å²) in [5, 5.41) is 3.60. The van der Waals surface area contributed by atoms with Crippen LogP contribution < -0.4 is 14.8 Å². The van der Waals surface area contributed by atoms with Gasteiger partial charge in [-0.05, 0) is 40.2 Å². The molecule has 0 saturated carbocycles. The van der Waals surface area contributed by atoms with E-state index in [1.54, 1.807) is 18.2 Å². The quantitative estimate of drug-likeness (QED) is 0.845. The van der Waals surface area contributed by atoms with Crippen LogP contribution >= 0.6 is 27.5 Å². The molecule has 0 fully saturated rings. The third-order valence-corrected chi connectivity index (χ3v) is 4.40. The molecular formula is C17H15BrClNO3. The molecule has 3 rings (SSSR count). The third-order valence-electron chi connectivity index (χ3n) is 3.55. The second-order valence-electron chi connectivity index (χ2n) is 5.16. The van der Waals surface area contributed by atoms with Gasteiger partial charge >= 0.3 is 0 Å². The number of ether oxygens (including phenoxy) is 2. The van der Waals surface area contributed by atoms with Gasteiger partial charge in [-0.2, -0.15) is 0 Å². The van der Waals surface area contributed by atoms with Crippen molar-refractivity contribution in [3.63, 3.8) is 0 Å². The number of hydrogen-bond donors (Lipinski definition) is 1. The molecule has 1 heterocycles. The first-order valence-corrected chi connectivity index (χ1v) is 8.39. The Bertz CT molecular complexity index is 723. The average Bonchev–Trinajstić information content (AvgIpc) is 2.54. The van der Waals surface area contributed by atoms with Gasteiger partial charge in [-0.15, -0.1) is 0 Å². The first-order chi connectivity index (χ1) is 11.1. The van der Waals surface area contributed by atoms with Crippen LogP contribution in [0.2, 0.25) is 5.02 Å². The standard InChI is InChI=1S/C17H15BrClNO3/c18-13-9-11(19)5-6-16(13)23-10-17(21)20-14-7-8-22-15-4-2-1-3-12(14)15/h1-6,9,14H,7-8,10H2,(H,20,21). The van der Waals surface area contributed by atoms with Gasteiger partial charge in [-0.25, -0.2) is 0 Å². The van der Waals surface area contributed by atoms with Crippen LogP contribution in [0, 0.1) is 0 Å². The fourth-order valence-corrected chi connectivity index (χ4v) is 3.26. The van der Waals surface area contributed by atoms with E-state index in [0.717, 1.165) is 17.7 Å². The van der Waals surface area contributed by atoms with Crippen molar-refractivity contribution < 1.29 is 14.3 Å². The molecule has 0 bridgehead atoms. The molecule has 1 unspecified atom stereocenters. The molecule has 120 valence electrons. The Hall–Kier alpha value is -1.72. The minimum atomic E-state index is -0.173. The Morgan fingerprint density at radius 1 is 1.35 bits per heavy atom. The first kappa shape index (κ1) is 16.1. The number of carbonyl (C=O) groups excluding carboxylic acids is 1. The highest BCUT2D eigenvalue weighted by Crippen LogP contribution is 2.31. The molecule has 23 heavy (non-hydrogen) atoms. The minimum absolute atomic E-state index is 0.0512. The van der Waals surface area contributed by atoms with E-state index in [0.29, 0.717) is 21.9 Å². The highest BCUT2D eigenvalue weighted by Gasteiger charge is 2.22. The van der Waals surface area contributed by atoms with Gasteiger partial charge in [0.25, 0.3) is 5.91 Å². The normalized spacial score (nSPS) is 16.2. The SMILES string of the molecule is O=C(COc1ccc(Cl)cc1Br)NC1CCOc2ccccc21. The summed E-state index contributed by atoms with van der Waals surface area (Å²) in [5.74, 6) is 1.23. The highest BCUT2D eigenvalue weighted by molar-refractivity contribution is 9.10. The molecule has 0 radical (unpaired) electrons. The Morgan fingerprint density at radius 2 is 2.17 bits per heavy atom. The average molecular weight is 397 g/mol. The highest BCUT2D eigenvalue weighted by atomic mass is 79.9. The topological polar surface area (TPSA) is 47.6 Å². The van der Waals surface area contributed by atoms with E-state index in [9.17, 15) is 4.79 Å². The molecule has 0 aliphatic carbocycles. The minimum Gasteiger partial charge on any atom is -0.493 e. The van der Waals surface area contributed by atoms with Crippen molar-refractivity contribution in [3.05, 3.63) is 57.5 Å². The molecule has 1 atom stereocenters. The molecule has 2 aromatic carbocycles. The zero-order valence-corrected chi connectivity index (χ0v) is 14.6. The largest absolute Gasteiger partial charge is 0.493 e. The van der Waals surface area contributed by atoms with Gasteiger partial charge in [-0.3, -0.25) is 4.79 Å². The molecule has 2 aromatic rings. The summed E-state index contributed by atoms with van der Waals surface area (Å²) in [6, 6.07) is 12.9. The summed E-state index contributed by atoms with van der Waals surface area (Å²) in [6.07, 6.45) is 0.743. The maximum atomic E-state index is 12.2. The predicted molar refractivity (Wildman–Crippen MR) is 92.1 cm³/mol. The van der Waals surface area contributed by atoms with Gasteiger partial charge in [0.2, 0.25) is 0 Å². The van der Waals surface area contributed by atoms with Crippen LogP contribution in [0.4, 0.5) is 0 Å². The lowest BCUT2D eigenvalue weighted by Crippen LogP contribution is -2.35. The summed E-state index contributed by atoms with van der Waals surface area (Å²) in [7, 11) is 0. The zero-order valence-electron chi connectivity index (χ0n) is 12.2. The summed E-state index contributed by atoms with van der Waals surface area (Å²) in [6.45, 7) is 0.533. The first-order valence-electron chi connectivity index (χ1n) is 7.22. The Balaban J connectivity index is 1.60. The lowest BCUT2D eigenvalue weighted by atomic mass is 10.0. The zero-order chi connectivity index (χ0) is 16.2. The summed E-state index contributed by atoms with van der Waals surface area (Å²) >= 11 is 9.24. The maximum absolute atomic E-state index is 12.2. The number of hydrogen-bond acceptors (Lipinski definition) is 3. The van der Waals surface area contributed by atoms with E-state index in [2.05, 4.69) is 21.2 Å². The van der Waals surface area contributed by atoms with E-state index in [4.69, 9.17) is 21.1 Å². The van der Waals surface area contributed by atoms with Gasteiger partial charge in [0.15, 0.2) is 6.61 Å². The molecule has 0 saturated heterocycles. The molecule has 0 spiro atoms. The molecule has 1 amide bonds. The summed E-state index contributed by atoms with van der Waals surface area (Å²) < 4.78 is 11.8. The van der Waals surface area contributed by atoms with E-state index >= 15 is 0 Å². The van der Waals surface area contributed by atoms with E-state index in [1.165, 1.54) is 0 Å². The second-order valence-corrected chi connectivity index (χ2v) is 6.45. The van der Waals surface area contributed by atoms with Crippen molar-refractivity contribution in [2.75, 3.05) is 13.2 Å². The summed E-state index contributed by atoms with van der Waals surface area (Å²) in [4.78, 5) is 12.2. The predicted octanol–water partition coefficient (Wildman–Crippen LogP) is 4.12. The number of benzene rings is 2. The van der Waals surface area contributed by atoms with Crippen molar-refractivity contribution in [1.29, 1.82) is 0 Å². The van der Waals surface area contributed by atoms with Crippen LogP contribution in [-0.4, -0.2) is 19.1 Å². The van der Waals surface area contributed by atoms with Crippen LogP contribution in [-0.2, 0) is 4.79 Å². The van der Waals surface area contributed by atoms with Crippen molar-refractivity contribution in [2.45, 2.75) is 12.5 Å². The molecule has 1 aliphatic heterocycles. The van der Waals surface area contributed by atoms with Crippen LogP contribution in [0.3, 0.4) is 0 Å². The van der Waals surface area contributed by atoms with Crippen LogP contribution in [0.15, 0.2) is 46.9 Å². The van der Waals surface area contributed by atoms with Crippen molar-refractivity contribution in [3.8, 4) is 11.5 Å². The number of para-hydroxylation sites is 1. The van der Waals surface area contributed by atoms with Gasteiger partial charge < -0.3 is 14.8 Å². The van der Waals surface area contributed by atoms with Crippen molar-refractivity contribution in [2.24, 2.45) is 0 Å². The third kappa shape index (κ3) is 3.98. The monoisotopic (exact) mass is 395 g/mol. The number of rotatable bonds is 4. The molecule has 4 nitrogen and oxygen atoms in total. The van der Waals surface area contributed by atoms with Crippen molar-refractivity contribution >= 4 is 33.4 Å². The molecule has 0 aromatic heterocycles. The van der Waals surface area contributed by atoms with Gasteiger partial charge in [-0.1, -0.05) is 29.8 Å². The summed E-state index contributed by atoms with van der Waals surface area (Å²) in [5.41, 5.74) is 1.000. The van der Waals surface area contributed by atoms with Crippen LogP contribution in [0.5, 0.6) is 11.5 Å². The fraction of sp³-hybridized carbons (Fsp3) is 0.235. The Kier molecular flexibility index (Phi) is 5.08. The smallest absolute Gasteiger partial charge is 0.258 e. The van der Waals surface area contributed by atoms with Crippen molar-refractivity contribution in [1.82, 2.24) is 5.32 Å². The number of amides is 1. The fourth-order valence-electron chi connectivity index (χ4n) is 2.46. The van der Waals surface area contributed by atoms with Gasteiger partial charge in [0.05, 0.1) is 17.1 Å². The second kappa shape index (κ2) is 7.23. The Morgan fingerprint density at radius 3 is 3.00 bits per heavy atom. The van der Waals surface area contributed by atoms with Gasteiger partial charge in [0.1, 0.15) is 11.5 Å². The van der Waals surface area contributed by atoms with Gasteiger partial charge in [0, 0.05) is 17.0 Å². The molecule has 6 heteroatoms. The number of carbonyl (C=O) groups is 1. The maximum Gasteiger partial charge on any atom is 0.258 e. The van der Waals surface area contributed by atoms with Crippen LogP contribution in [0.25, 0.3) is 0 Å². The van der Waals surface area contributed by atoms with E-state index in [-0.39, 0.29) is 18.6 Å². The number of nitrogens with one attached hydrogen (secondary N) is 1.